The number of aromatic nitrogens is 4. The number of carbonyl (C=O) groups excluding carboxylic acids is 2. The molecule has 0 unspecified atom stereocenters. The molecular weight excluding hydrogens is 598 g/mol. The van der Waals surface area contributed by atoms with Gasteiger partial charge in [0.2, 0.25) is 0 Å². The largest absolute Gasteiger partial charge is 0.268 e. The SMILES string of the molecule is O=C1c2ccc3c(=O)n4c5cc6nc(-c7ccccc7)c(-c7ccccc7)nc6cc5nc4c4ccc(c2c34)C(=O)N1c1ccccc1. The van der Waals surface area contributed by atoms with E-state index in [1.807, 2.05) is 84.9 Å². The van der Waals surface area contributed by atoms with Gasteiger partial charge < -0.3 is 0 Å². The Bertz CT molecular complexity index is 2870. The average Bonchev–Trinajstić information content (AvgIpc) is 3.51. The molecule has 48 heavy (non-hydrogen) atoms. The summed E-state index contributed by atoms with van der Waals surface area (Å²) in [6, 6.07) is 39.3. The highest BCUT2D eigenvalue weighted by molar-refractivity contribution is 6.38. The van der Waals surface area contributed by atoms with Crippen LogP contribution in [0.15, 0.2) is 132 Å². The van der Waals surface area contributed by atoms with Gasteiger partial charge in [0, 0.05) is 43.8 Å². The van der Waals surface area contributed by atoms with E-state index >= 15 is 0 Å². The first-order valence-corrected chi connectivity index (χ1v) is 15.5. The van der Waals surface area contributed by atoms with Gasteiger partial charge in [-0.3, -0.25) is 18.8 Å². The number of anilines is 1. The van der Waals surface area contributed by atoms with Gasteiger partial charge in [0.05, 0.1) is 39.1 Å². The van der Waals surface area contributed by atoms with Crippen molar-refractivity contribution in [3.63, 3.8) is 0 Å². The zero-order valence-electron chi connectivity index (χ0n) is 25.1. The molecule has 0 radical (unpaired) electrons. The molecule has 1 aliphatic heterocycles. The van der Waals surface area contributed by atoms with Crippen LogP contribution in [-0.4, -0.2) is 31.2 Å². The molecule has 0 bridgehead atoms. The number of benzene rings is 6. The summed E-state index contributed by atoms with van der Waals surface area (Å²) >= 11 is 0. The van der Waals surface area contributed by atoms with Crippen LogP contribution in [0, 0.1) is 0 Å². The Balaban J connectivity index is 1.25. The highest BCUT2D eigenvalue weighted by Gasteiger charge is 2.35. The lowest BCUT2D eigenvalue weighted by Crippen LogP contribution is -2.40. The van der Waals surface area contributed by atoms with E-state index < -0.39 is 11.8 Å². The van der Waals surface area contributed by atoms with E-state index in [1.165, 1.54) is 4.90 Å². The average molecular weight is 620 g/mol. The van der Waals surface area contributed by atoms with Crippen LogP contribution < -0.4 is 10.5 Å². The summed E-state index contributed by atoms with van der Waals surface area (Å²) in [5.41, 5.74) is 7.21. The molecule has 0 saturated heterocycles. The lowest BCUT2D eigenvalue weighted by Gasteiger charge is -2.27. The van der Waals surface area contributed by atoms with Gasteiger partial charge in [0.25, 0.3) is 17.4 Å². The molecule has 9 aromatic rings. The van der Waals surface area contributed by atoms with Crippen molar-refractivity contribution in [2.45, 2.75) is 0 Å². The molecule has 6 aromatic carbocycles. The van der Waals surface area contributed by atoms with Gasteiger partial charge in [0.15, 0.2) is 0 Å². The first kappa shape index (κ1) is 26.4. The fraction of sp³-hybridized carbons (Fsp3) is 0. The Morgan fingerprint density at radius 2 is 1.02 bits per heavy atom. The molecule has 0 saturated carbocycles. The van der Waals surface area contributed by atoms with E-state index in [1.54, 1.807) is 46.9 Å². The molecule has 8 heteroatoms. The molecule has 3 aromatic heterocycles. The zero-order valence-corrected chi connectivity index (χ0v) is 25.1. The summed E-state index contributed by atoms with van der Waals surface area (Å²) in [4.78, 5) is 58.2. The number of para-hydroxylation sites is 1. The molecule has 1 aliphatic rings. The van der Waals surface area contributed by atoms with Gasteiger partial charge in [-0.1, -0.05) is 78.9 Å². The van der Waals surface area contributed by atoms with Crippen molar-refractivity contribution in [3.05, 3.63) is 149 Å². The predicted octanol–water partition coefficient (Wildman–Crippen LogP) is 7.67. The molecular formula is C40H21N5O3. The molecule has 0 fully saturated rings. The lowest BCUT2D eigenvalue weighted by atomic mass is 9.90. The number of fused-ring (bicyclic) bond motifs is 5. The standard InChI is InChI=1S/C40H21N5O3/c46-38-27-17-16-25-33-26(18-19-28(34(27)33)39(47)44(38)24-14-8-3-9-15-24)40(48)45-32-21-30-29(20-31(32)43-37(25)45)41-35(22-10-4-1-5-11-22)36(42-30)23-12-6-2-7-13-23/h1-21H. The molecule has 10 rings (SSSR count). The molecule has 0 aliphatic carbocycles. The Hall–Kier alpha value is -6.80. The molecule has 4 heterocycles. The Labute approximate surface area is 271 Å². The maximum absolute atomic E-state index is 14.3. The van der Waals surface area contributed by atoms with Gasteiger partial charge in [-0.2, -0.15) is 0 Å². The first-order chi connectivity index (χ1) is 23.6. The maximum atomic E-state index is 14.3. The third-order valence-electron chi connectivity index (χ3n) is 9.25. The number of rotatable bonds is 3. The van der Waals surface area contributed by atoms with Crippen molar-refractivity contribution >= 4 is 66.8 Å². The Kier molecular flexibility index (Phi) is 5.29. The maximum Gasteiger partial charge on any atom is 0.265 e. The number of nitrogens with zero attached hydrogens (tertiary/aromatic N) is 5. The van der Waals surface area contributed by atoms with Crippen molar-refractivity contribution in [2.75, 3.05) is 4.90 Å². The van der Waals surface area contributed by atoms with Crippen molar-refractivity contribution in [3.8, 4) is 22.5 Å². The molecule has 0 atom stereocenters. The second-order valence-corrected chi connectivity index (χ2v) is 11.9. The molecule has 0 N–H and O–H groups in total. The predicted molar refractivity (Wildman–Crippen MR) is 187 cm³/mol. The van der Waals surface area contributed by atoms with Crippen LogP contribution in [0.5, 0.6) is 0 Å². The summed E-state index contributed by atoms with van der Waals surface area (Å²) in [5, 5.41) is 2.12. The van der Waals surface area contributed by atoms with Crippen molar-refractivity contribution in [1.29, 1.82) is 0 Å². The Morgan fingerprint density at radius 3 is 1.62 bits per heavy atom. The monoisotopic (exact) mass is 619 g/mol. The summed E-state index contributed by atoms with van der Waals surface area (Å²) < 4.78 is 1.60. The molecule has 8 nitrogen and oxygen atoms in total. The van der Waals surface area contributed by atoms with Gasteiger partial charge in [-0.15, -0.1) is 0 Å². The van der Waals surface area contributed by atoms with Crippen LogP contribution >= 0.6 is 0 Å². The summed E-state index contributed by atoms with van der Waals surface area (Å²) in [6.45, 7) is 0. The third kappa shape index (κ3) is 3.54. The number of imidazole rings is 1. The van der Waals surface area contributed by atoms with E-state index in [2.05, 4.69) is 0 Å². The topological polar surface area (TPSA) is 97.5 Å². The van der Waals surface area contributed by atoms with E-state index in [4.69, 9.17) is 15.0 Å². The molecule has 224 valence electrons. The number of pyridine rings is 1. The van der Waals surface area contributed by atoms with Crippen LogP contribution in [0.4, 0.5) is 5.69 Å². The second-order valence-electron chi connectivity index (χ2n) is 11.9. The van der Waals surface area contributed by atoms with Gasteiger partial charge in [-0.25, -0.2) is 19.9 Å². The van der Waals surface area contributed by atoms with Gasteiger partial charge in [0.1, 0.15) is 5.65 Å². The van der Waals surface area contributed by atoms with Crippen molar-refractivity contribution < 1.29 is 9.59 Å². The molecule has 0 spiro atoms. The van der Waals surface area contributed by atoms with Crippen molar-refractivity contribution in [1.82, 2.24) is 19.4 Å². The van der Waals surface area contributed by atoms with Crippen LogP contribution in [0.3, 0.4) is 0 Å². The highest BCUT2D eigenvalue weighted by Crippen LogP contribution is 2.39. The van der Waals surface area contributed by atoms with Gasteiger partial charge in [-0.05, 0) is 48.5 Å². The number of hydrogen-bond donors (Lipinski definition) is 0. The van der Waals surface area contributed by atoms with Crippen LogP contribution in [-0.2, 0) is 0 Å². The lowest BCUT2D eigenvalue weighted by molar-refractivity contribution is 0.0893. The van der Waals surface area contributed by atoms with E-state index in [0.717, 1.165) is 22.5 Å². The number of amides is 2. The fourth-order valence-corrected chi connectivity index (χ4v) is 7.09. The van der Waals surface area contributed by atoms with E-state index in [-0.39, 0.29) is 5.56 Å². The summed E-state index contributed by atoms with van der Waals surface area (Å²) in [5.74, 6) is -0.860. The van der Waals surface area contributed by atoms with E-state index in [0.29, 0.717) is 66.1 Å². The quantitative estimate of drug-likeness (QED) is 0.188. The van der Waals surface area contributed by atoms with Crippen LogP contribution in [0.1, 0.15) is 20.7 Å². The summed E-state index contributed by atoms with van der Waals surface area (Å²) in [7, 11) is 0. The fourth-order valence-electron chi connectivity index (χ4n) is 7.09. The van der Waals surface area contributed by atoms with Crippen LogP contribution in [0.2, 0.25) is 0 Å². The second kappa shape index (κ2) is 9.60. The van der Waals surface area contributed by atoms with Gasteiger partial charge >= 0.3 is 0 Å². The minimum absolute atomic E-state index is 0.286. The van der Waals surface area contributed by atoms with Crippen molar-refractivity contribution in [2.24, 2.45) is 0 Å². The molecule has 2 amide bonds. The normalized spacial score (nSPS) is 13.1. The zero-order chi connectivity index (χ0) is 32.1. The van der Waals surface area contributed by atoms with E-state index in [9.17, 15) is 14.4 Å². The Morgan fingerprint density at radius 1 is 0.479 bits per heavy atom. The number of hydrogen-bond acceptors (Lipinski definition) is 6. The minimum Gasteiger partial charge on any atom is -0.268 e. The third-order valence-corrected chi connectivity index (χ3v) is 9.25. The summed E-state index contributed by atoms with van der Waals surface area (Å²) in [6.07, 6.45) is 0. The number of carbonyl (C=O) groups is 2. The first-order valence-electron chi connectivity index (χ1n) is 15.5. The highest BCUT2D eigenvalue weighted by atomic mass is 16.2. The minimum atomic E-state index is -0.430. The van der Waals surface area contributed by atoms with Crippen LogP contribution in [0.25, 0.3) is 71.8 Å². The number of imide groups is 1. The smallest absolute Gasteiger partial charge is 0.265 e.